The second-order valence-electron chi connectivity index (χ2n) is 6.65. The molecule has 1 unspecified atom stereocenters. The van der Waals surface area contributed by atoms with E-state index in [0.717, 1.165) is 21.5 Å². The molecule has 3 aromatic rings. The Labute approximate surface area is 166 Å². The summed E-state index contributed by atoms with van der Waals surface area (Å²) in [5, 5.41) is 6.19. The predicted octanol–water partition coefficient (Wildman–Crippen LogP) is 3.54. The van der Waals surface area contributed by atoms with Crippen LogP contribution in [-0.4, -0.2) is 36.6 Å². The van der Waals surface area contributed by atoms with Gasteiger partial charge in [-0.25, -0.2) is 9.78 Å². The van der Waals surface area contributed by atoms with Gasteiger partial charge in [-0.3, -0.25) is 10.1 Å². The number of nitrogens with one attached hydrogen (secondary N) is 2. The molecule has 3 amide bonds. The molecule has 1 fully saturated rings. The summed E-state index contributed by atoms with van der Waals surface area (Å²) >= 11 is 1.43. The summed E-state index contributed by atoms with van der Waals surface area (Å²) in [6.45, 7) is 2.40. The molecular formula is C20H20N4O3S. The molecule has 1 saturated heterocycles. The number of amides is 3. The smallest absolute Gasteiger partial charge is 0.321 e. The molecule has 144 valence electrons. The molecule has 0 aliphatic carbocycles. The summed E-state index contributed by atoms with van der Waals surface area (Å²) in [5.41, 5.74) is 2.72. The highest BCUT2D eigenvalue weighted by Gasteiger charge is 2.31. The molecule has 2 aromatic carbocycles. The van der Waals surface area contributed by atoms with E-state index in [1.165, 1.54) is 11.3 Å². The van der Waals surface area contributed by atoms with E-state index in [0.29, 0.717) is 17.4 Å². The van der Waals surface area contributed by atoms with Gasteiger partial charge >= 0.3 is 6.03 Å². The Morgan fingerprint density at radius 3 is 2.89 bits per heavy atom. The molecule has 0 saturated carbocycles. The van der Waals surface area contributed by atoms with Crippen molar-refractivity contribution in [3.05, 3.63) is 48.0 Å². The molecule has 4 rings (SSSR count). The second-order valence-corrected chi connectivity index (χ2v) is 7.68. The zero-order valence-corrected chi connectivity index (χ0v) is 16.4. The average Bonchev–Trinajstić information content (AvgIpc) is 3.25. The van der Waals surface area contributed by atoms with Crippen molar-refractivity contribution in [2.45, 2.75) is 19.4 Å². The van der Waals surface area contributed by atoms with Crippen LogP contribution in [0.2, 0.25) is 0 Å². The van der Waals surface area contributed by atoms with Crippen LogP contribution >= 0.6 is 11.3 Å². The zero-order valence-electron chi connectivity index (χ0n) is 15.6. The highest BCUT2D eigenvalue weighted by Crippen LogP contribution is 2.28. The monoisotopic (exact) mass is 396 g/mol. The number of carbonyl (C=O) groups is 2. The summed E-state index contributed by atoms with van der Waals surface area (Å²) in [4.78, 5) is 30.9. The molecule has 2 N–H and O–H groups in total. The van der Waals surface area contributed by atoms with Gasteiger partial charge in [0, 0.05) is 24.7 Å². The number of carbonyl (C=O) groups excluding carboxylic acids is 2. The highest BCUT2D eigenvalue weighted by atomic mass is 32.1. The van der Waals surface area contributed by atoms with Crippen molar-refractivity contribution in [2.24, 2.45) is 0 Å². The first-order valence-electron chi connectivity index (χ1n) is 8.91. The lowest BCUT2D eigenvalue weighted by molar-refractivity contribution is -0.117. The standard InChI is InChI=1S/C20H20N4O3S/c1-12-5-3-8-16-18(12)22-20(28-16)23-19(26)21-13-9-17(25)24(11-13)14-6-4-7-15(10-14)27-2/h3-8,10,13H,9,11H2,1-2H3,(H2,21,22,23,26). The number of aryl methyl sites for hydroxylation is 1. The number of hydrogen-bond donors (Lipinski definition) is 2. The summed E-state index contributed by atoms with van der Waals surface area (Å²) in [6.07, 6.45) is 0.254. The number of fused-ring (bicyclic) bond motifs is 1. The first-order valence-corrected chi connectivity index (χ1v) is 9.73. The van der Waals surface area contributed by atoms with Crippen LogP contribution in [0.1, 0.15) is 12.0 Å². The van der Waals surface area contributed by atoms with Gasteiger partial charge in [0.1, 0.15) is 5.75 Å². The number of urea groups is 1. The van der Waals surface area contributed by atoms with E-state index in [2.05, 4.69) is 15.6 Å². The van der Waals surface area contributed by atoms with Crippen molar-refractivity contribution in [3.63, 3.8) is 0 Å². The lowest BCUT2D eigenvalue weighted by Crippen LogP contribution is -2.39. The van der Waals surface area contributed by atoms with Crippen LogP contribution in [0, 0.1) is 6.92 Å². The molecule has 1 aliphatic rings. The van der Waals surface area contributed by atoms with E-state index in [4.69, 9.17) is 4.74 Å². The SMILES string of the molecule is COc1cccc(N2CC(NC(=O)Nc3nc4c(C)cccc4s3)CC2=O)c1. The number of benzene rings is 2. The summed E-state index contributed by atoms with van der Waals surface area (Å²) in [7, 11) is 1.59. The predicted molar refractivity (Wildman–Crippen MR) is 110 cm³/mol. The van der Waals surface area contributed by atoms with Crippen molar-refractivity contribution in [1.82, 2.24) is 10.3 Å². The fourth-order valence-electron chi connectivity index (χ4n) is 3.29. The zero-order chi connectivity index (χ0) is 19.7. The molecule has 8 heteroatoms. The number of ether oxygens (including phenoxy) is 1. The third kappa shape index (κ3) is 3.63. The van der Waals surface area contributed by atoms with E-state index in [1.54, 1.807) is 12.0 Å². The summed E-state index contributed by atoms with van der Waals surface area (Å²) in [5.74, 6) is 0.653. The lowest BCUT2D eigenvalue weighted by atomic mass is 10.2. The van der Waals surface area contributed by atoms with Crippen molar-refractivity contribution in [1.29, 1.82) is 0 Å². The lowest BCUT2D eigenvalue weighted by Gasteiger charge is -2.18. The van der Waals surface area contributed by atoms with Gasteiger partial charge in [0.15, 0.2) is 5.13 Å². The van der Waals surface area contributed by atoms with Crippen LogP contribution in [0.15, 0.2) is 42.5 Å². The van der Waals surface area contributed by atoms with Crippen molar-refractivity contribution in [3.8, 4) is 5.75 Å². The largest absolute Gasteiger partial charge is 0.497 e. The number of hydrogen-bond acceptors (Lipinski definition) is 5. The van der Waals surface area contributed by atoms with Crippen molar-refractivity contribution < 1.29 is 14.3 Å². The van der Waals surface area contributed by atoms with Gasteiger partial charge < -0.3 is 15.0 Å². The molecule has 1 atom stereocenters. The fourth-order valence-corrected chi connectivity index (χ4v) is 4.23. The highest BCUT2D eigenvalue weighted by molar-refractivity contribution is 7.22. The topological polar surface area (TPSA) is 83.6 Å². The minimum Gasteiger partial charge on any atom is -0.497 e. The van der Waals surface area contributed by atoms with E-state index in [9.17, 15) is 9.59 Å². The molecule has 0 radical (unpaired) electrons. The van der Waals surface area contributed by atoms with Gasteiger partial charge in [-0.2, -0.15) is 0 Å². The van der Waals surface area contributed by atoms with Crippen LogP contribution in [0.3, 0.4) is 0 Å². The summed E-state index contributed by atoms with van der Waals surface area (Å²) < 4.78 is 6.24. The van der Waals surface area contributed by atoms with Gasteiger partial charge in [-0.05, 0) is 30.7 Å². The Hall–Kier alpha value is -3.13. The van der Waals surface area contributed by atoms with Gasteiger partial charge in [-0.1, -0.05) is 29.5 Å². The number of anilines is 2. The molecule has 7 nitrogen and oxygen atoms in total. The van der Waals surface area contributed by atoms with E-state index < -0.39 is 0 Å². The summed E-state index contributed by atoms with van der Waals surface area (Å²) in [6, 6.07) is 12.6. The normalized spacial score (nSPS) is 16.4. The molecule has 2 heterocycles. The van der Waals surface area contributed by atoms with Gasteiger partial charge in [-0.15, -0.1) is 0 Å². The Kier molecular flexibility index (Phi) is 4.87. The Morgan fingerprint density at radius 1 is 1.29 bits per heavy atom. The molecule has 0 spiro atoms. The second kappa shape index (κ2) is 7.47. The Balaban J connectivity index is 1.40. The fraction of sp³-hybridized carbons (Fsp3) is 0.250. The molecular weight excluding hydrogens is 376 g/mol. The van der Waals surface area contributed by atoms with Crippen LogP contribution < -0.4 is 20.3 Å². The van der Waals surface area contributed by atoms with Crippen molar-refractivity contribution >= 4 is 44.3 Å². The van der Waals surface area contributed by atoms with Gasteiger partial charge in [0.05, 0.1) is 23.4 Å². The first kappa shape index (κ1) is 18.2. The third-order valence-electron chi connectivity index (χ3n) is 4.67. The number of nitrogens with zero attached hydrogens (tertiary/aromatic N) is 2. The maximum Gasteiger partial charge on any atom is 0.321 e. The maximum atomic E-state index is 12.4. The van der Waals surface area contributed by atoms with Gasteiger partial charge in [0.2, 0.25) is 5.91 Å². The minimum atomic E-state index is -0.359. The van der Waals surface area contributed by atoms with Crippen molar-refractivity contribution in [2.75, 3.05) is 23.9 Å². The number of rotatable bonds is 4. The third-order valence-corrected chi connectivity index (χ3v) is 5.60. The number of para-hydroxylation sites is 1. The minimum absolute atomic E-state index is 0.0332. The molecule has 28 heavy (non-hydrogen) atoms. The molecule has 1 aromatic heterocycles. The Morgan fingerprint density at radius 2 is 2.11 bits per heavy atom. The van der Waals surface area contributed by atoms with Crippen LogP contribution in [0.5, 0.6) is 5.75 Å². The quantitative estimate of drug-likeness (QED) is 0.707. The number of methoxy groups -OCH3 is 1. The van der Waals surface area contributed by atoms with E-state index >= 15 is 0 Å². The van der Waals surface area contributed by atoms with Crippen LogP contribution in [0.4, 0.5) is 15.6 Å². The van der Waals surface area contributed by atoms with E-state index in [-0.39, 0.29) is 24.4 Å². The van der Waals surface area contributed by atoms with Crippen LogP contribution in [-0.2, 0) is 4.79 Å². The van der Waals surface area contributed by atoms with Crippen LogP contribution in [0.25, 0.3) is 10.2 Å². The number of aromatic nitrogens is 1. The average molecular weight is 396 g/mol. The first-order chi connectivity index (χ1) is 13.5. The molecule has 1 aliphatic heterocycles. The van der Waals surface area contributed by atoms with E-state index in [1.807, 2.05) is 49.4 Å². The maximum absolute atomic E-state index is 12.4. The van der Waals surface area contributed by atoms with Gasteiger partial charge in [0.25, 0.3) is 0 Å². The molecule has 0 bridgehead atoms. The number of thiazole rings is 1. The Bertz CT molecular complexity index is 1050.